The Morgan fingerprint density at radius 2 is 0.867 bits per heavy atom. The number of carbonyl (C=O) groups excluding carboxylic acids is 4. The van der Waals surface area contributed by atoms with Crippen LogP contribution in [0.3, 0.4) is 0 Å². The van der Waals surface area contributed by atoms with Gasteiger partial charge in [-0.1, -0.05) is 39.1 Å². The molecule has 5 N–H and O–H groups in total. The summed E-state index contributed by atoms with van der Waals surface area (Å²) in [6, 6.07) is 12.5. The highest BCUT2D eigenvalue weighted by Crippen LogP contribution is 2.42. The Bertz CT molecular complexity index is 3320. The van der Waals surface area contributed by atoms with Crippen molar-refractivity contribution in [2.24, 2.45) is 0 Å². The Hall–Kier alpha value is -7.64. The van der Waals surface area contributed by atoms with E-state index in [1.54, 1.807) is 5.32 Å². The van der Waals surface area contributed by atoms with Gasteiger partial charge in [-0.3, -0.25) is 14.4 Å². The highest BCUT2D eigenvalue weighted by molar-refractivity contribution is 9.10. The molecule has 12 nitrogen and oxygen atoms in total. The molecule has 1 heterocycles. The lowest BCUT2D eigenvalue weighted by atomic mass is 10.1. The van der Waals surface area contributed by atoms with E-state index in [9.17, 15) is 108 Å². The molecule has 446 valence electrons. The predicted molar refractivity (Wildman–Crippen MR) is 262 cm³/mol. The number of phenolic OH excluding ortho intramolecular Hbond substituents is 2. The largest absolute Gasteiger partial charge is 0.507 e. The molecule has 0 atom stereocenters. The van der Waals surface area contributed by atoms with Crippen LogP contribution in [0.4, 0.5) is 101 Å². The smallest absolute Gasteiger partial charge is 0.418 e. The van der Waals surface area contributed by atoms with Gasteiger partial charge in [0.1, 0.15) is 17.2 Å². The number of carbonyl (C=O) groups is 4. The van der Waals surface area contributed by atoms with Crippen molar-refractivity contribution in [2.75, 3.05) is 42.3 Å². The molecule has 83 heavy (non-hydrogen) atoms. The Morgan fingerprint density at radius 3 is 1.31 bits per heavy atom. The van der Waals surface area contributed by atoms with Gasteiger partial charge in [0.05, 0.1) is 69.0 Å². The molecule has 7 rings (SSSR count). The van der Waals surface area contributed by atoms with E-state index in [-0.39, 0.29) is 78.0 Å². The summed E-state index contributed by atoms with van der Waals surface area (Å²) in [5.41, 5.74) is -12.9. The third-order valence-corrected chi connectivity index (χ3v) is 11.6. The minimum atomic E-state index is -5.09. The van der Waals surface area contributed by atoms with E-state index in [2.05, 4.69) is 15.9 Å². The van der Waals surface area contributed by atoms with Crippen LogP contribution in [-0.4, -0.2) is 65.2 Å². The summed E-state index contributed by atoms with van der Waals surface area (Å²) in [5.74, 6) is -4.80. The third kappa shape index (κ3) is 18.7. The molecule has 1 fully saturated rings. The number of amides is 4. The first-order valence-corrected chi connectivity index (χ1v) is 23.8. The SMILES string of the molecule is O=C(Nc1cc(C(F)(F)F)cc(C(F)(F)F)c1)c1cc(Cl)ccc1O.O=C(Nc1cc(C(F)(F)F)cc(C(F)(F)F)c1)c1cc(Cl)ccc1OC(=O)N1CCOCC1.O=C(Nc1cc(C(F)(F)F)ccc1C(F)(F)F)c1cc(Br)ccc1O. The maximum Gasteiger partial charge on any atom is 0.418 e. The Kier molecular flexibility index (Phi) is 20.6. The van der Waals surface area contributed by atoms with E-state index in [1.807, 2.05) is 10.6 Å². The second-order valence-corrected chi connectivity index (χ2v) is 18.4. The number of ether oxygens (including phenoxy) is 2. The number of aromatic hydroxyl groups is 2. The molecule has 0 bridgehead atoms. The molecule has 4 amide bonds. The number of phenols is 2. The first kappa shape index (κ1) is 66.2. The van der Waals surface area contributed by atoms with Crippen LogP contribution < -0.4 is 20.7 Å². The van der Waals surface area contributed by atoms with Crippen LogP contribution in [0.5, 0.6) is 17.2 Å². The quantitative estimate of drug-likeness (QED) is 0.0985. The number of morpholine rings is 1. The van der Waals surface area contributed by atoms with Crippen molar-refractivity contribution in [3.63, 3.8) is 0 Å². The van der Waals surface area contributed by atoms with Crippen LogP contribution >= 0.6 is 39.1 Å². The van der Waals surface area contributed by atoms with Crippen molar-refractivity contribution in [1.29, 1.82) is 0 Å². The lowest BCUT2D eigenvalue weighted by Gasteiger charge is -2.26. The van der Waals surface area contributed by atoms with Crippen LogP contribution in [0.1, 0.15) is 64.5 Å². The fourth-order valence-electron chi connectivity index (χ4n) is 6.77. The van der Waals surface area contributed by atoms with Gasteiger partial charge in [0.15, 0.2) is 0 Å². The number of benzene rings is 6. The molecular formula is C50H31BrCl2F18N4O8. The topological polar surface area (TPSA) is 167 Å². The van der Waals surface area contributed by atoms with Crippen molar-refractivity contribution in [3.8, 4) is 17.2 Å². The molecule has 0 saturated carbocycles. The maximum atomic E-state index is 13.1. The predicted octanol–water partition coefficient (Wildman–Crippen LogP) is 16.2. The molecule has 33 heteroatoms. The summed E-state index contributed by atoms with van der Waals surface area (Å²) >= 11 is 14.5. The number of hydrogen-bond acceptors (Lipinski definition) is 8. The zero-order chi connectivity index (χ0) is 62.4. The van der Waals surface area contributed by atoms with Gasteiger partial charge in [0.2, 0.25) is 0 Å². The number of anilines is 3. The molecule has 0 aromatic heterocycles. The van der Waals surface area contributed by atoms with Crippen molar-refractivity contribution in [2.45, 2.75) is 37.1 Å². The van der Waals surface area contributed by atoms with Crippen molar-refractivity contribution < 1.29 is 118 Å². The zero-order valence-electron chi connectivity index (χ0n) is 40.4. The molecule has 0 unspecified atom stereocenters. The van der Waals surface area contributed by atoms with E-state index >= 15 is 0 Å². The van der Waals surface area contributed by atoms with Crippen molar-refractivity contribution in [1.82, 2.24) is 4.90 Å². The number of alkyl halides is 18. The van der Waals surface area contributed by atoms with Crippen LogP contribution in [0, 0.1) is 0 Å². The minimum absolute atomic E-state index is 0.0198. The third-order valence-electron chi connectivity index (χ3n) is 10.7. The summed E-state index contributed by atoms with van der Waals surface area (Å²) in [6.45, 7) is 1.02. The molecule has 0 radical (unpaired) electrons. The van der Waals surface area contributed by atoms with Crippen molar-refractivity contribution >= 4 is 80.0 Å². The number of rotatable bonds is 7. The van der Waals surface area contributed by atoms with E-state index in [0.29, 0.717) is 28.7 Å². The highest BCUT2D eigenvalue weighted by Gasteiger charge is 2.40. The summed E-state index contributed by atoms with van der Waals surface area (Å²) in [7, 11) is 0. The van der Waals surface area contributed by atoms with E-state index in [0.717, 1.165) is 30.3 Å². The average molecular weight is 1310 g/mol. The molecule has 0 aliphatic carbocycles. The van der Waals surface area contributed by atoms with Gasteiger partial charge in [-0.15, -0.1) is 0 Å². The van der Waals surface area contributed by atoms with E-state index < -0.39 is 134 Å². The van der Waals surface area contributed by atoms with Crippen LogP contribution in [0.2, 0.25) is 10.0 Å². The fourth-order valence-corrected chi connectivity index (χ4v) is 7.47. The van der Waals surface area contributed by atoms with Crippen LogP contribution in [0.15, 0.2) is 114 Å². The Labute approximate surface area is 471 Å². The lowest BCUT2D eigenvalue weighted by Crippen LogP contribution is -2.42. The second kappa shape index (κ2) is 25.9. The van der Waals surface area contributed by atoms with Gasteiger partial charge in [-0.25, -0.2) is 4.79 Å². The van der Waals surface area contributed by atoms with Crippen LogP contribution in [-0.2, 0) is 41.8 Å². The lowest BCUT2D eigenvalue weighted by molar-refractivity contribution is -0.144. The fraction of sp³-hybridized carbons (Fsp3) is 0.200. The van der Waals surface area contributed by atoms with E-state index in [4.69, 9.17) is 32.7 Å². The number of hydrogen-bond donors (Lipinski definition) is 5. The number of nitrogens with zero attached hydrogens (tertiary/aromatic N) is 1. The van der Waals surface area contributed by atoms with Gasteiger partial charge in [0, 0.05) is 39.0 Å². The Morgan fingerprint density at radius 1 is 0.470 bits per heavy atom. The van der Waals surface area contributed by atoms with Gasteiger partial charge < -0.3 is 40.5 Å². The average Bonchev–Trinajstić information content (AvgIpc) is 3.37. The molecule has 1 aliphatic heterocycles. The minimum Gasteiger partial charge on any atom is -0.507 e. The second-order valence-electron chi connectivity index (χ2n) is 16.6. The van der Waals surface area contributed by atoms with Gasteiger partial charge >= 0.3 is 43.2 Å². The Balaban J connectivity index is 0.000000231. The summed E-state index contributed by atoms with van der Waals surface area (Å²) in [6.07, 6.45) is -30.9. The molecule has 6 aromatic carbocycles. The summed E-state index contributed by atoms with van der Waals surface area (Å²) in [4.78, 5) is 50.5. The molecule has 6 aromatic rings. The summed E-state index contributed by atoms with van der Waals surface area (Å²) < 4.78 is 243. The van der Waals surface area contributed by atoms with Crippen molar-refractivity contribution in [3.05, 3.63) is 174 Å². The maximum absolute atomic E-state index is 13.1. The first-order valence-electron chi connectivity index (χ1n) is 22.2. The van der Waals surface area contributed by atoms with Gasteiger partial charge in [-0.2, -0.15) is 79.0 Å². The first-order chi connectivity index (χ1) is 38.1. The number of halogens is 21. The molecule has 1 aliphatic rings. The monoisotopic (exact) mass is 1310 g/mol. The molecular weight excluding hydrogens is 1280 g/mol. The highest BCUT2D eigenvalue weighted by atomic mass is 79.9. The normalized spacial score (nSPS) is 13.1. The molecule has 0 spiro atoms. The van der Waals surface area contributed by atoms with Gasteiger partial charge in [0.25, 0.3) is 17.7 Å². The van der Waals surface area contributed by atoms with Crippen LogP contribution in [0.25, 0.3) is 0 Å². The number of nitrogens with one attached hydrogen (secondary N) is 3. The van der Waals surface area contributed by atoms with Gasteiger partial charge in [-0.05, 0) is 109 Å². The standard InChI is InChI=1S/C20H15ClF6N2O4.C15H8BrF6NO2.C15H8ClF6NO2/c21-13-1-2-16(33-18(31)29-3-5-32-6-4-29)15(10-13)17(30)28-14-8-11(19(22,23)24)7-12(9-14)20(25,26)27;16-8-2-4-12(24)9(6-8)13(25)23-11-5-7(14(17,18)19)1-3-10(11)15(20,21)22;16-9-1-2-12(24)11(6-9)13(25)23-10-4-7(14(17,18)19)3-8(5-10)15(20,21)22/h1-2,7-10H,3-6H2,(H,28,30);2*1-6,24H,(H,23,25). The van der Waals surface area contributed by atoms with E-state index in [1.165, 1.54) is 29.2 Å². The molecule has 1 saturated heterocycles. The zero-order valence-corrected chi connectivity index (χ0v) is 43.5. The summed E-state index contributed by atoms with van der Waals surface area (Å²) in [5, 5.41) is 24.9.